The SMILES string of the molecule is CNCCN1C(=O)[C@@H](O)[C@@H](c2ccc(OC)cc2)Sc2cc(Cl)ccc21.Cl. The molecule has 1 aliphatic rings. The fraction of sp³-hybridized carbons (Fsp3) is 0.316. The zero-order valence-corrected chi connectivity index (χ0v) is 17.4. The summed E-state index contributed by atoms with van der Waals surface area (Å²) in [5.41, 5.74) is 1.63. The van der Waals surface area contributed by atoms with Crippen LogP contribution in [-0.2, 0) is 4.79 Å². The van der Waals surface area contributed by atoms with Crippen molar-refractivity contribution in [3.8, 4) is 5.75 Å². The lowest BCUT2D eigenvalue weighted by Gasteiger charge is -2.25. The number of likely N-dealkylation sites (N-methyl/N-ethyl adjacent to an activating group) is 1. The zero-order valence-electron chi connectivity index (χ0n) is 15.0. The van der Waals surface area contributed by atoms with E-state index in [4.69, 9.17) is 16.3 Å². The van der Waals surface area contributed by atoms with Gasteiger partial charge in [0.25, 0.3) is 5.91 Å². The number of amides is 1. The molecule has 2 atom stereocenters. The van der Waals surface area contributed by atoms with Gasteiger partial charge < -0.3 is 20.1 Å². The fourth-order valence-corrected chi connectivity index (χ4v) is 4.46. The first kappa shape index (κ1) is 21.9. The highest BCUT2D eigenvalue weighted by Gasteiger charge is 2.37. The molecule has 0 unspecified atom stereocenters. The number of methoxy groups -OCH3 is 1. The van der Waals surface area contributed by atoms with Crippen molar-refractivity contribution >= 4 is 47.4 Å². The molecule has 3 rings (SSSR count). The van der Waals surface area contributed by atoms with Crippen LogP contribution < -0.4 is 15.0 Å². The number of carbonyl (C=O) groups is 1. The summed E-state index contributed by atoms with van der Waals surface area (Å²) in [6, 6.07) is 12.9. The highest BCUT2D eigenvalue weighted by Crippen LogP contribution is 2.46. The molecule has 0 bridgehead atoms. The third kappa shape index (κ3) is 4.70. The van der Waals surface area contributed by atoms with Crippen LogP contribution in [0.25, 0.3) is 0 Å². The zero-order chi connectivity index (χ0) is 18.7. The Bertz CT molecular complexity index is 789. The number of carbonyl (C=O) groups excluding carboxylic acids is 1. The summed E-state index contributed by atoms with van der Waals surface area (Å²) in [7, 11) is 3.43. The summed E-state index contributed by atoms with van der Waals surface area (Å²) < 4.78 is 5.19. The molecule has 0 saturated carbocycles. The first-order valence-electron chi connectivity index (χ1n) is 8.29. The lowest BCUT2D eigenvalue weighted by Crippen LogP contribution is -2.43. The van der Waals surface area contributed by atoms with Crippen molar-refractivity contribution in [2.45, 2.75) is 16.2 Å². The number of rotatable bonds is 5. The largest absolute Gasteiger partial charge is 0.497 e. The van der Waals surface area contributed by atoms with E-state index in [1.807, 2.05) is 43.4 Å². The third-order valence-corrected chi connectivity index (χ3v) is 5.90. The molecule has 5 nitrogen and oxygen atoms in total. The number of nitrogens with zero attached hydrogens (tertiary/aromatic N) is 1. The molecule has 0 saturated heterocycles. The number of aliphatic hydroxyl groups excluding tert-OH is 1. The number of hydrogen-bond donors (Lipinski definition) is 2. The van der Waals surface area contributed by atoms with Crippen LogP contribution in [0.4, 0.5) is 5.69 Å². The normalized spacial score (nSPS) is 19.1. The second kappa shape index (κ2) is 9.66. The summed E-state index contributed by atoms with van der Waals surface area (Å²) in [6.07, 6.45) is -1.16. The van der Waals surface area contributed by atoms with Gasteiger partial charge in [-0.2, -0.15) is 0 Å². The molecule has 146 valence electrons. The van der Waals surface area contributed by atoms with Gasteiger partial charge in [-0.1, -0.05) is 23.7 Å². The molecule has 2 aromatic carbocycles. The Balaban J connectivity index is 0.00000261. The smallest absolute Gasteiger partial charge is 0.257 e. The Morgan fingerprint density at radius 2 is 1.96 bits per heavy atom. The van der Waals surface area contributed by atoms with Gasteiger partial charge in [0.1, 0.15) is 11.9 Å². The van der Waals surface area contributed by atoms with Gasteiger partial charge in [-0.25, -0.2) is 0 Å². The van der Waals surface area contributed by atoms with E-state index in [1.54, 1.807) is 18.1 Å². The molecule has 0 radical (unpaired) electrons. The molecule has 1 amide bonds. The number of nitrogens with one attached hydrogen (secondary N) is 1. The molecular weight excluding hydrogens is 407 g/mol. The number of anilines is 1. The summed E-state index contributed by atoms with van der Waals surface area (Å²) in [6.45, 7) is 1.09. The van der Waals surface area contributed by atoms with Gasteiger partial charge in [-0.05, 0) is 42.9 Å². The molecule has 0 fully saturated rings. The average Bonchev–Trinajstić information content (AvgIpc) is 2.76. The van der Waals surface area contributed by atoms with Crippen molar-refractivity contribution in [1.82, 2.24) is 5.32 Å². The summed E-state index contributed by atoms with van der Waals surface area (Å²) in [5.74, 6) is 0.418. The molecule has 0 spiro atoms. The maximum atomic E-state index is 13.0. The van der Waals surface area contributed by atoms with Gasteiger partial charge in [0.2, 0.25) is 0 Å². The average molecular weight is 429 g/mol. The first-order valence-corrected chi connectivity index (χ1v) is 9.55. The van der Waals surface area contributed by atoms with Crippen LogP contribution in [0.3, 0.4) is 0 Å². The van der Waals surface area contributed by atoms with Crippen molar-refractivity contribution < 1.29 is 14.6 Å². The Morgan fingerprint density at radius 3 is 2.59 bits per heavy atom. The molecule has 8 heteroatoms. The minimum atomic E-state index is -1.16. The molecule has 1 heterocycles. The van der Waals surface area contributed by atoms with Crippen LogP contribution in [0.5, 0.6) is 5.75 Å². The topological polar surface area (TPSA) is 61.8 Å². The molecular formula is C19H22Cl2N2O3S. The van der Waals surface area contributed by atoms with Crippen LogP contribution in [0.15, 0.2) is 47.4 Å². The number of aliphatic hydroxyl groups is 1. The van der Waals surface area contributed by atoms with Crippen LogP contribution in [0.2, 0.25) is 5.02 Å². The molecule has 0 aromatic heterocycles. The number of benzene rings is 2. The Kier molecular flexibility index (Phi) is 7.82. The third-order valence-electron chi connectivity index (χ3n) is 4.30. The van der Waals surface area contributed by atoms with E-state index in [1.165, 1.54) is 11.8 Å². The molecule has 27 heavy (non-hydrogen) atoms. The number of halogens is 2. The predicted octanol–water partition coefficient (Wildman–Crippen LogP) is 3.53. The quantitative estimate of drug-likeness (QED) is 0.762. The summed E-state index contributed by atoms with van der Waals surface area (Å²) in [4.78, 5) is 15.5. The second-order valence-corrected chi connectivity index (χ2v) is 7.58. The Morgan fingerprint density at radius 1 is 1.26 bits per heavy atom. The number of hydrogen-bond acceptors (Lipinski definition) is 5. The summed E-state index contributed by atoms with van der Waals surface area (Å²) in [5, 5.41) is 14.0. The van der Waals surface area contributed by atoms with E-state index in [0.29, 0.717) is 18.1 Å². The van der Waals surface area contributed by atoms with E-state index in [-0.39, 0.29) is 18.3 Å². The summed E-state index contributed by atoms with van der Waals surface area (Å²) >= 11 is 7.63. The standard InChI is InChI=1S/C19H21ClN2O3S.ClH/c1-21-9-10-22-15-8-5-13(20)11-16(15)26-18(17(23)19(22)24)12-3-6-14(25-2)7-4-12;/h3-8,11,17-18,21,23H,9-10H2,1-2H3;1H/t17-,18+;/m0./s1. The van der Waals surface area contributed by atoms with Gasteiger partial charge in [-0.15, -0.1) is 24.2 Å². The van der Waals surface area contributed by atoms with Crippen molar-refractivity contribution in [3.63, 3.8) is 0 Å². The van der Waals surface area contributed by atoms with Crippen molar-refractivity contribution in [3.05, 3.63) is 53.1 Å². The van der Waals surface area contributed by atoms with E-state index >= 15 is 0 Å². The lowest BCUT2D eigenvalue weighted by atomic mass is 10.1. The molecule has 1 aliphatic heterocycles. The maximum absolute atomic E-state index is 13.0. The number of fused-ring (bicyclic) bond motifs is 1. The van der Waals surface area contributed by atoms with E-state index in [2.05, 4.69) is 5.32 Å². The van der Waals surface area contributed by atoms with Crippen LogP contribution in [0.1, 0.15) is 10.8 Å². The van der Waals surface area contributed by atoms with E-state index in [9.17, 15) is 9.90 Å². The van der Waals surface area contributed by atoms with E-state index in [0.717, 1.165) is 21.9 Å². The monoisotopic (exact) mass is 428 g/mol. The minimum absolute atomic E-state index is 0. The highest BCUT2D eigenvalue weighted by molar-refractivity contribution is 7.99. The fourth-order valence-electron chi connectivity index (χ4n) is 2.91. The van der Waals surface area contributed by atoms with Crippen LogP contribution in [-0.4, -0.2) is 44.4 Å². The highest BCUT2D eigenvalue weighted by atomic mass is 35.5. The van der Waals surface area contributed by atoms with Gasteiger partial charge in [0.15, 0.2) is 0 Å². The predicted molar refractivity (Wildman–Crippen MR) is 113 cm³/mol. The van der Waals surface area contributed by atoms with E-state index < -0.39 is 11.4 Å². The maximum Gasteiger partial charge on any atom is 0.257 e. The van der Waals surface area contributed by atoms with Gasteiger partial charge in [0.05, 0.1) is 18.0 Å². The second-order valence-electron chi connectivity index (χ2n) is 5.96. The van der Waals surface area contributed by atoms with Gasteiger partial charge >= 0.3 is 0 Å². The first-order chi connectivity index (χ1) is 12.5. The van der Waals surface area contributed by atoms with Crippen molar-refractivity contribution in [1.29, 1.82) is 0 Å². The van der Waals surface area contributed by atoms with Gasteiger partial charge in [0, 0.05) is 23.0 Å². The number of thioether (sulfide) groups is 1. The Labute approximate surface area is 174 Å². The number of ether oxygens (including phenoxy) is 1. The van der Waals surface area contributed by atoms with Crippen LogP contribution >= 0.6 is 35.8 Å². The van der Waals surface area contributed by atoms with Crippen molar-refractivity contribution in [2.75, 3.05) is 32.1 Å². The Hall–Kier alpha value is -1.44. The van der Waals surface area contributed by atoms with Gasteiger partial charge in [-0.3, -0.25) is 4.79 Å². The molecule has 0 aliphatic carbocycles. The van der Waals surface area contributed by atoms with Crippen molar-refractivity contribution in [2.24, 2.45) is 0 Å². The minimum Gasteiger partial charge on any atom is -0.497 e. The lowest BCUT2D eigenvalue weighted by molar-refractivity contribution is -0.126. The molecule has 2 aromatic rings. The van der Waals surface area contributed by atoms with Crippen LogP contribution in [0, 0.1) is 0 Å². The molecule has 2 N–H and O–H groups in total.